The van der Waals surface area contributed by atoms with Crippen molar-refractivity contribution in [3.8, 4) is 12.3 Å². The van der Waals surface area contributed by atoms with Gasteiger partial charge in [0.2, 0.25) is 0 Å². The van der Waals surface area contributed by atoms with Crippen LogP contribution in [0.2, 0.25) is 0 Å². The molecule has 0 spiro atoms. The summed E-state index contributed by atoms with van der Waals surface area (Å²) in [5, 5.41) is 11.6. The van der Waals surface area contributed by atoms with E-state index in [9.17, 15) is 14.4 Å². The third-order valence-electron chi connectivity index (χ3n) is 3.13. The molecule has 0 bridgehead atoms. The normalized spacial score (nSPS) is 11.1. The monoisotopic (exact) mass is 317 g/mol. The van der Waals surface area contributed by atoms with E-state index in [2.05, 4.69) is 11.2 Å². The topological polar surface area (TPSA) is 92.7 Å². The van der Waals surface area contributed by atoms with Crippen molar-refractivity contribution in [1.29, 1.82) is 0 Å². The number of unbranched alkanes of at least 4 members (excludes halogenated alkanes) is 1. The van der Waals surface area contributed by atoms with E-state index in [1.54, 1.807) is 12.1 Å². The molecule has 0 fully saturated rings. The van der Waals surface area contributed by atoms with E-state index in [0.29, 0.717) is 12.8 Å². The van der Waals surface area contributed by atoms with Crippen LogP contribution in [0, 0.1) is 12.3 Å². The summed E-state index contributed by atoms with van der Waals surface area (Å²) in [6, 6.07) is 5.01. The highest BCUT2D eigenvalue weighted by molar-refractivity contribution is 6.06. The van der Waals surface area contributed by atoms with Gasteiger partial charge in [-0.25, -0.2) is 9.59 Å². The van der Waals surface area contributed by atoms with Crippen LogP contribution in [0.25, 0.3) is 0 Å². The molecule has 23 heavy (non-hydrogen) atoms. The largest absolute Gasteiger partial charge is 0.480 e. The Hall–Kier alpha value is -2.81. The molecule has 0 aromatic heterocycles. The lowest BCUT2D eigenvalue weighted by atomic mass is 10.1. The van der Waals surface area contributed by atoms with Gasteiger partial charge in [-0.1, -0.05) is 37.8 Å². The molecule has 2 N–H and O–H groups in total. The highest BCUT2D eigenvalue weighted by Gasteiger charge is 2.23. The highest BCUT2D eigenvalue weighted by Crippen LogP contribution is 2.12. The fourth-order valence-corrected chi connectivity index (χ4v) is 1.95. The highest BCUT2D eigenvalue weighted by atomic mass is 16.5. The average molecular weight is 317 g/mol. The SMILES string of the molecule is C#CCOC(=O)c1ccccc1C(=O)N[C@H](CCCC)C(=O)O. The molecule has 122 valence electrons. The maximum absolute atomic E-state index is 12.3. The van der Waals surface area contributed by atoms with Crippen LogP contribution >= 0.6 is 0 Å². The fraction of sp³-hybridized carbons (Fsp3) is 0.353. The van der Waals surface area contributed by atoms with Crippen molar-refractivity contribution in [2.24, 2.45) is 0 Å². The summed E-state index contributed by atoms with van der Waals surface area (Å²) in [4.78, 5) is 35.4. The number of hydrogen-bond donors (Lipinski definition) is 2. The van der Waals surface area contributed by atoms with Crippen LogP contribution in [0.4, 0.5) is 0 Å². The van der Waals surface area contributed by atoms with E-state index in [4.69, 9.17) is 16.3 Å². The van der Waals surface area contributed by atoms with Crippen LogP contribution in [0.1, 0.15) is 46.9 Å². The number of rotatable bonds is 8. The lowest BCUT2D eigenvalue weighted by molar-refractivity contribution is -0.139. The number of carbonyl (C=O) groups excluding carboxylic acids is 2. The van der Waals surface area contributed by atoms with Crippen LogP contribution in [0.3, 0.4) is 0 Å². The Morgan fingerprint density at radius 3 is 2.52 bits per heavy atom. The molecule has 0 aliphatic carbocycles. The summed E-state index contributed by atoms with van der Waals surface area (Å²) >= 11 is 0. The molecule has 1 aromatic rings. The maximum atomic E-state index is 12.3. The zero-order chi connectivity index (χ0) is 17.2. The molecular weight excluding hydrogens is 298 g/mol. The summed E-state index contributed by atoms with van der Waals surface area (Å²) in [6.07, 6.45) is 6.83. The Morgan fingerprint density at radius 2 is 1.96 bits per heavy atom. The summed E-state index contributed by atoms with van der Waals surface area (Å²) in [6.45, 7) is 1.72. The maximum Gasteiger partial charge on any atom is 0.339 e. The molecule has 0 aliphatic rings. The number of nitrogens with one attached hydrogen (secondary N) is 1. The van der Waals surface area contributed by atoms with Gasteiger partial charge in [0.25, 0.3) is 5.91 Å². The van der Waals surface area contributed by atoms with Crippen molar-refractivity contribution in [2.75, 3.05) is 6.61 Å². The molecular formula is C17H19NO5. The molecule has 1 rings (SSSR count). The summed E-state index contributed by atoms with van der Waals surface area (Å²) in [5.41, 5.74) is 0.0946. The zero-order valence-corrected chi connectivity index (χ0v) is 12.9. The van der Waals surface area contributed by atoms with E-state index in [1.165, 1.54) is 12.1 Å². The summed E-state index contributed by atoms with van der Waals surface area (Å²) in [7, 11) is 0. The first-order valence-electron chi connectivity index (χ1n) is 7.24. The van der Waals surface area contributed by atoms with E-state index >= 15 is 0 Å². The molecule has 1 atom stereocenters. The average Bonchev–Trinajstić information content (AvgIpc) is 2.55. The van der Waals surface area contributed by atoms with Gasteiger partial charge in [0.05, 0.1) is 11.1 Å². The number of amides is 1. The number of carboxylic acids is 1. The van der Waals surface area contributed by atoms with Gasteiger partial charge < -0.3 is 15.2 Å². The van der Waals surface area contributed by atoms with Crippen LogP contribution in [-0.2, 0) is 9.53 Å². The molecule has 0 saturated carbocycles. The standard InChI is InChI=1S/C17H19NO5/c1-3-5-10-14(16(20)21)18-15(19)12-8-6-7-9-13(12)17(22)23-11-4-2/h2,6-9,14H,3,5,10-11H2,1H3,(H,18,19)(H,20,21)/t14-/m1/s1. The minimum atomic E-state index is -1.11. The lowest BCUT2D eigenvalue weighted by Crippen LogP contribution is -2.41. The Kier molecular flexibility index (Phi) is 7.34. The van der Waals surface area contributed by atoms with Crippen molar-refractivity contribution >= 4 is 17.8 Å². The van der Waals surface area contributed by atoms with Crippen molar-refractivity contribution in [1.82, 2.24) is 5.32 Å². The summed E-state index contributed by atoms with van der Waals surface area (Å²) < 4.78 is 4.81. The Morgan fingerprint density at radius 1 is 1.30 bits per heavy atom. The number of benzene rings is 1. The van der Waals surface area contributed by atoms with Crippen molar-refractivity contribution in [3.05, 3.63) is 35.4 Å². The van der Waals surface area contributed by atoms with Gasteiger partial charge in [0.1, 0.15) is 6.04 Å². The van der Waals surface area contributed by atoms with E-state index in [1.807, 2.05) is 6.92 Å². The first kappa shape index (κ1) is 18.2. The van der Waals surface area contributed by atoms with Gasteiger partial charge in [-0.2, -0.15) is 0 Å². The Balaban J connectivity index is 2.93. The predicted octanol–water partition coefficient (Wildman–Crippen LogP) is 1.85. The van der Waals surface area contributed by atoms with E-state index < -0.39 is 23.9 Å². The Labute approximate surface area is 134 Å². The third-order valence-corrected chi connectivity index (χ3v) is 3.13. The fourth-order valence-electron chi connectivity index (χ4n) is 1.95. The van der Waals surface area contributed by atoms with Crippen LogP contribution in [-0.4, -0.2) is 35.6 Å². The number of esters is 1. The molecule has 1 amide bonds. The zero-order valence-electron chi connectivity index (χ0n) is 12.9. The first-order valence-corrected chi connectivity index (χ1v) is 7.24. The second-order valence-corrected chi connectivity index (χ2v) is 4.83. The number of hydrogen-bond acceptors (Lipinski definition) is 4. The van der Waals surface area contributed by atoms with Crippen LogP contribution < -0.4 is 5.32 Å². The van der Waals surface area contributed by atoms with Crippen molar-refractivity contribution in [2.45, 2.75) is 32.2 Å². The van der Waals surface area contributed by atoms with Gasteiger partial charge in [-0.15, -0.1) is 6.42 Å². The van der Waals surface area contributed by atoms with Gasteiger partial charge >= 0.3 is 11.9 Å². The molecule has 0 radical (unpaired) electrons. The van der Waals surface area contributed by atoms with Gasteiger partial charge in [0.15, 0.2) is 6.61 Å². The molecule has 0 unspecified atom stereocenters. The molecule has 6 heteroatoms. The quantitative estimate of drug-likeness (QED) is 0.564. The Bertz CT molecular complexity index is 618. The van der Waals surface area contributed by atoms with Crippen molar-refractivity contribution in [3.63, 3.8) is 0 Å². The second kappa shape index (κ2) is 9.26. The van der Waals surface area contributed by atoms with E-state index in [-0.39, 0.29) is 17.7 Å². The first-order chi connectivity index (χ1) is 11.0. The number of terminal acetylenes is 1. The third kappa shape index (κ3) is 5.47. The molecule has 1 aromatic carbocycles. The van der Waals surface area contributed by atoms with Crippen LogP contribution in [0.15, 0.2) is 24.3 Å². The van der Waals surface area contributed by atoms with Gasteiger partial charge in [0, 0.05) is 0 Å². The molecule has 0 heterocycles. The minimum absolute atomic E-state index is 0.0416. The predicted molar refractivity (Wildman–Crippen MR) is 84.0 cm³/mol. The minimum Gasteiger partial charge on any atom is -0.480 e. The number of carbonyl (C=O) groups is 3. The van der Waals surface area contributed by atoms with Gasteiger partial charge in [-0.3, -0.25) is 4.79 Å². The molecule has 6 nitrogen and oxygen atoms in total. The molecule has 0 aliphatic heterocycles. The number of ether oxygens (including phenoxy) is 1. The smallest absolute Gasteiger partial charge is 0.339 e. The number of carboxylic acid groups (broad SMARTS) is 1. The van der Waals surface area contributed by atoms with Crippen LogP contribution in [0.5, 0.6) is 0 Å². The van der Waals surface area contributed by atoms with Crippen molar-refractivity contribution < 1.29 is 24.2 Å². The second-order valence-electron chi connectivity index (χ2n) is 4.83. The lowest BCUT2D eigenvalue weighted by Gasteiger charge is -2.15. The summed E-state index contributed by atoms with van der Waals surface area (Å²) in [5.74, 6) is -0.311. The molecule has 0 saturated heterocycles. The van der Waals surface area contributed by atoms with Gasteiger partial charge in [-0.05, 0) is 18.6 Å². The van der Waals surface area contributed by atoms with E-state index in [0.717, 1.165) is 6.42 Å². The number of aliphatic carboxylic acids is 1.